The van der Waals surface area contributed by atoms with Gasteiger partial charge in [0.15, 0.2) is 0 Å². The van der Waals surface area contributed by atoms with Crippen molar-refractivity contribution >= 4 is 0 Å². The first-order chi connectivity index (χ1) is 5.18. The lowest BCUT2D eigenvalue weighted by molar-refractivity contribution is 0.250. The van der Waals surface area contributed by atoms with Crippen LogP contribution in [0.25, 0.3) is 0 Å². The third kappa shape index (κ3) is 3.00. The minimum atomic E-state index is -0.971. The summed E-state index contributed by atoms with van der Waals surface area (Å²) in [5.41, 5.74) is 0. The molecular formula is C9H14F2. The van der Waals surface area contributed by atoms with Crippen LogP contribution in [0.2, 0.25) is 0 Å². The van der Waals surface area contributed by atoms with Crippen LogP contribution in [0.1, 0.15) is 32.6 Å². The second-order valence-electron chi connectivity index (χ2n) is 3.37. The summed E-state index contributed by atoms with van der Waals surface area (Å²) in [7, 11) is 0. The largest absolute Gasteiger partial charge is 0.247 e. The van der Waals surface area contributed by atoms with Gasteiger partial charge in [-0.05, 0) is 25.2 Å². The van der Waals surface area contributed by atoms with Gasteiger partial charge in [0.25, 0.3) is 0 Å². The van der Waals surface area contributed by atoms with Crippen LogP contribution in [-0.4, -0.2) is 6.17 Å². The maximum Gasteiger partial charge on any atom is 0.107 e. The Bertz CT molecular complexity index is 152. The van der Waals surface area contributed by atoms with Gasteiger partial charge in [0.05, 0.1) is 5.83 Å². The second-order valence-corrected chi connectivity index (χ2v) is 3.37. The molecule has 0 amide bonds. The standard InChI is InChI=1S/C9H14F2/c1-7-3-2-4-8(10)6-9(11)5-7/h4,7,9H,2-3,5-6H2,1H3/b8-4+. The van der Waals surface area contributed by atoms with E-state index >= 15 is 0 Å². The fourth-order valence-electron chi connectivity index (χ4n) is 1.46. The van der Waals surface area contributed by atoms with Crippen molar-refractivity contribution < 1.29 is 8.78 Å². The zero-order chi connectivity index (χ0) is 8.27. The lowest BCUT2D eigenvalue weighted by atomic mass is 9.94. The normalized spacial score (nSPS) is 38.6. The molecule has 0 aromatic rings. The molecule has 0 aliphatic heterocycles. The molecule has 1 aliphatic carbocycles. The maximum atomic E-state index is 12.8. The number of hydrogen-bond acceptors (Lipinski definition) is 0. The summed E-state index contributed by atoms with van der Waals surface area (Å²) in [5.74, 6) is 0.124. The minimum absolute atomic E-state index is 0.00958. The van der Waals surface area contributed by atoms with E-state index in [1.807, 2.05) is 6.92 Å². The molecule has 0 bridgehead atoms. The molecule has 2 atom stereocenters. The molecular weight excluding hydrogens is 146 g/mol. The highest BCUT2D eigenvalue weighted by Gasteiger charge is 2.16. The van der Waals surface area contributed by atoms with E-state index in [2.05, 4.69) is 0 Å². The molecule has 1 rings (SSSR count). The quantitative estimate of drug-likeness (QED) is 0.509. The third-order valence-corrected chi connectivity index (χ3v) is 2.10. The zero-order valence-electron chi connectivity index (χ0n) is 6.82. The second kappa shape index (κ2) is 3.84. The van der Waals surface area contributed by atoms with Gasteiger partial charge >= 0.3 is 0 Å². The molecule has 11 heavy (non-hydrogen) atoms. The molecule has 0 heterocycles. The van der Waals surface area contributed by atoms with Crippen LogP contribution in [-0.2, 0) is 0 Å². The molecule has 0 aromatic carbocycles. The first-order valence-corrected chi connectivity index (χ1v) is 4.17. The molecule has 0 radical (unpaired) electrons. The zero-order valence-corrected chi connectivity index (χ0v) is 6.82. The Balaban J connectivity index is 2.50. The molecule has 0 aromatic heterocycles. The van der Waals surface area contributed by atoms with Gasteiger partial charge < -0.3 is 0 Å². The van der Waals surface area contributed by atoms with Gasteiger partial charge in [0.1, 0.15) is 6.17 Å². The molecule has 0 spiro atoms. The van der Waals surface area contributed by atoms with Crippen molar-refractivity contribution in [2.75, 3.05) is 0 Å². The first kappa shape index (κ1) is 8.69. The minimum Gasteiger partial charge on any atom is -0.247 e. The Morgan fingerprint density at radius 2 is 2.27 bits per heavy atom. The SMILES string of the molecule is CC1CC/C=C(/F)CC(F)C1. The highest BCUT2D eigenvalue weighted by atomic mass is 19.1. The van der Waals surface area contributed by atoms with Crippen molar-refractivity contribution in [3.63, 3.8) is 0 Å². The van der Waals surface area contributed by atoms with Gasteiger partial charge in [-0.3, -0.25) is 0 Å². The van der Waals surface area contributed by atoms with Crippen LogP contribution >= 0.6 is 0 Å². The summed E-state index contributed by atoms with van der Waals surface area (Å²) >= 11 is 0. The van der Waals surface area contributed by atoms with Crippen LogP contribution in [0.15, 0.2) is 11.9 Å². The van der Waals surface area contributed by atoms with Gasteiger partial charge in [0.2, 0.25) is 0 Å². The van der Waals surface area contributed by atoms with E-state index in [9.17, 15) is 8.78 Å². The number of rotatable bonds is 0. The van der Waals surface area contributed by atoms with E-state index < -0.39 is 6.17 Å². The predicted molar refractivity (Wildman–Crippen MR) is 41.7 cm³/mol. The summed E-state index contributed by atoms with van der Waals surface area (Å²) in [5, 5.41) is 0. The first-order valence-electron chi connectivity index (χ1n) is 4.17. The van der Waals surface area contributed by atoms with E-state index in [1.165, 1.54) is 6.08 Å². The van der Waals surface area contributed by atoms with Gasteiger partial charge in [-0.2, -0.15) is 0 Å². The number of allylic oxidation sites excluding steroid dienone is 2. The molecule has 0 N–H and O–H groups in total. The molecule has 0 nitrogen and oxygen atoms in total. The van der Waals surface area contributed by atoms with Crippen LogP contribution < -0.4 is 0 Å². The van der Waals surface area contributed by atoms with E-state index in [4.69, 9.17) is 0 Å². The van der Waals surface area contributed by atoms with Gasteiger partial charge in [-0.1, -0.05) is 13.0 Å². The average molecular weight is 160 g/mol. The van der Waals surface area contributed by atoms with Crippen molar-refractivity contribution in [2.24, 2.45) is 5.92 Å². The smallest absolute Gasteiger partial charge is 0.107 e. The molecule has 2 heteroatoms. The van der Waals surface area contributed by atoms with E-state index in [1.54, 1.807) is 0 Å². The van der Waals surface area contributed by atoms with Gasteiger partial charge in [0, 0.05) is 6.42 Å². The van der Waals surface area contributed by atoms with E-state index in [-0.39, 0.29) is 12.2 Å². The average Bonchev–Trinajstić information content (AvgIpc) is 1.83. The number of halogens is 2. The number of alkyl halides is 1. The van der Waals surface area contributed by atoms with Gasteiger partial charge in [-0.25, -0.2) is 8.78 Å². The highest BCUT2D eigenvalue weighted by Crippen LogP contribution is 2.24. The highest BCUT2D eigenvalue weighted by molar-refractivity contribution is 4.95. The third-order valence-electron chi connectivity index (χ3n) is 2.10. The molecule has 0 fully saturated rings. The summed E-state index contributed by atoms with van der Waals surface area (Å²) in [6.45, 7) is 2.02. The molecule has 0 saturated heterocycles. The lowest BCUT2D eigenvalue weighted by Crippen LogP contribution is -2.09. The Kier molecular flexibility index (Phi) is 3.03. The van der Waals surface area contributed by atoms with Crippen molar-refractivity contribution in [2.45, 2.75) is 38.8 Å². The maximum absolute atomic E-state index is 12.8. The molecule has 0 saturated carbocycles. The summed E-state index contributed by atoms with van der Waals surface area (Å²) in [4.78, 5) is 0. The molecule has 64 valence electrons. The predicted octanol–water partition coefficient (Wildman–Crippen LogP) is 3.39. The van der Waals surface area contributed by atoms with E-state index in [0.717, 1.165) is 12.8 Å². The van der Waals surface area contributed by atoms with Crippen molar-refractivity contribution in [3.8, 4) is 0 Å². The van der Waals surface area contributed by atoms with Crippen molar-refractivity contribution in [1.29, 1.82) is 0 Å². The Morgan fingerprint density at radius 3 is 3.00 bits per heavy atom. The molecule has 1 aliphatic rings. The fraction of sp³-hybridized carbons (Fsp3) is 0.778. The van der Waals surface area contributed by atoms with E-state index in [0.29, 0.717) is 12.3 Å². The summed E-state index contributed by atoms with van der Waals surface area (Å²) in [6, 6.07) is 0. The molecule has 2 unspecified atom stereocenters. The van der Waals surface area contributed by atoms with Crippen LogP contribution in [0.5, 0.6) is 0 Å². The van der Waals surface area contributed by atoms with Crippen LogP contribution in [0.4, 0.5) is 8.78 Å². The summed E-state index contributed by atoms with van der Waals surface area (Å²) < 4.78 is 25.5. The van der Waals surface area contributed by atoms with Crippen LogP contribution in [0.3, 0.4) is 0 Å². The topological polar surface area (TPSA) is 0 Å². The van der Waals surface area contributed by atoms with Crippen molar-refractivity contribution in [1.82, 2.24) is 0 Å². The number of hydrogen-bond donors (Lipinski definition) is 0. The lowest BCUT2D eigenvalue weighted by Gasteiger charge is -2.15. The fourth-order valence-corrected chi connectivity index (χ4v) is 1.46. The van der Waals surface area contributed by atoms with Crippen molar-refractivity contribution in [3.05, 3.63) is 11.9 Å². The summed E-state index contributed by atoms with van der Waals surface area (Å²) in [6.07, 6.45) is 2.73. The van der Waals surface area contributed by atoms with Gasteiger partial charge in [-0.15, -0.1) is 0 Å². The monoisotopic (exact) mass is 160 g/mol. The Morgan fingerprint density at radius 1 is 1.55 bits per heavy atom. The Hall–Kier alpha value is -0.400. The Labute approximate surface area is 66.3 Å². The van der Waals surface area contributed by atoms with Crippen LogP contribution in [0, 0.1) is 5.92 Å².